The maximum absolute atomic E-state index is 12.4. The van der Waals surface area contributed by atoms with Crippen molar-refractivity contribution < 1.29 is 49.3 Å². The Hall–Kier alpha value is -1.01. The molecule has 0 aromatic heterocycles. The second-order valence-corrected chi connectivity index (χ2v) is 6.29. The normalized spacial score (nSPS) is 10.1. The summed E-state index contributed by atoms with van der Waals surface area (Å²) in [7, 11) is 0. The molecule has 0 saturated carbocycles. The van der Waals surface area contributed by atoms with E-state index < -0.39 is 0 Å². The summed E-state index contributed by atoms with van der Waals surface area (Å²) in [5.41, 5.74) is 1.62. The van der Waals surface area contributed by atoms with Gasteiger partial charge in [0.2, 0.25) is 0 Å². The molecule has 3 N–H and O–H groups in total. The van der Waals surface area contributed by atoms with Gasteiger partial charge in [0.1, 0.15) is 30.2 Å². The summed E-state index contributed by atoms with van der Waals surface area (Å²) in [6, 6.07) is 5.76. The number of benzene rings is 1. The summed E-state index contributed by atoms with van der Waals surface area (Å²) in [4.78, 5) is 13.9. The highest BCUT2D eigenvalue weighted by Crippen LogP contribution is 2.22. The van der Waals surface area contributed by atoms with Crippen molar-refractivity contribution in [1.82, 2.24) is 0 Å². The van der Waals surface area contributed by atoms with Gasteiger partial charge in [0.05, 0.1) is 26.2 Å². The molecule has 0 bridgehead atoms. The molecule has 1 aromatic rings. The Labute approximate surface area is 177 Å². The molecule has 0 aliphatic rings. The van der Waals surface area contributed by atoms with Gasteiger partial charge in [-0.1, -0.05) is 20.3 Å². The monoisotopic (exact) mass is 422 g/mol. The molecule has 7 heteroatoms. The van der Waals surface area contributed by atoms with Gasteiger partial charge in [-0.3, -0.25) is 0 Å². The van der Waals surface area contributed by atoms with Crippen molar-refractivity contribution in [3.05, 3.63) is 23.8 Å². The Morgan fingerprint density at radius 2 is 1.74 bits per heavy atom. The number of esters is 1. The van der Waals surface area contributed by atoms with E-state index in [1.807, 2.05) is 18.2 Å². The largest absolute Gasteiger partial charge is 1.00 e. The van der Waals surface area contributed by atoms with Gasteiger partial charge in [-0.15, -0.1) is 0 Å². The van der Waals surface area contributed by atoms with Crippen LogP contribution >= 0.6 is 0 Å². The number of halogens is 2. The molecule has 0 aliphatic carbocycles. The SMILES string of the molecule is CCCC[NH2+]c1ccc(C(=O)OCC[NH+](CC)CC)c(OCCC)c1.[Cl-].[Cl-]. The minimum absolute atomic E-state index is 0. The van der Waals surface area contributed by atoms with Crippen LogP contribution in [0.5, 0.6) is 5.75 Å². The Morgan fingerprint density at radius 1 is 1.04 bits per heavy atom. The molecule has 0 heterocycles. The predicted octanol–water partition coefficient (Wildman–Crippen LogP) is -4.44. The van der Waals surface area contributed by atoms with Gasteiger partial charge in [0, 0.05) is 12.1 Å². The number of hydrogen-bond acceptors (Lipinski definition) is 3. The van der Waals surface area contributed by atoms with Crippen LogP contribution in [-0.4, -0.2) is 45.4 Å². The third kappa shape index (κ3) is 10.8. The van der Waals surface area contributed by atoms with E-state index in [2.05, 4.69) is 33.0 Å². The molecule has 0 fully saturated rings. The van der Waals surface area contributed by atoms with Gasteiger partial charge in [-0.2, -0.15) is 0 Å². The molecule has 1 aromatic carbocycles. The number of nitrogens with two attached hydrogens (primary N) is 1. The van der Waals surface area contributed by atoms with Crippen molar-refractivity contribution in [1.29, 1.82) is 0 Å². The number of carbonyl (C=O) groups is 1. The summed E-state index contributed by atoms with van der Waals surface area (Å²) in [5.74, 6) is 0.338. The topological polar surface area (TPSA) is 56.6 Å². The minimum atomic E-state index is -0.294. The predicted molar refractivity (Wildman–Crippen MR) is 101 cm³/mol. The van der Waals surface area contributed by atoms with Gasteiger partial charge in [0.15, 0.2) is 0 Å². The fourth-order valence-corrected chi connectivity index (χ4v) is 2.61. The maximum atomic E-state index is 12.4. The van der Waals surface area contributed by atoms with E-state index in [-0.39, 0.29) is 30.8 Å². The summed E-state index contributed by atoms with van der Waals surface area (Å²) in [5, 5.41) is 2.20. The van der Waals surface area contributed by atoms with Crippen molar-refractivity contribution in [2.24, 2.45) is 0 Å². The first kappa shape index (κ1) is 28.2. The Morgan fingerprint density at radius 3 is 2.33 bits per heavy atom. The average molecular weight is 423 g/mol. The molecule has 5 nitrogen and oxygen atoms in total. The molecule has 0 amide bonds. The zero-order chi connectivity index (χ0) is 18.5. The highest BCUT2D eigenvalue weighted by Gasteiger charge is 2.17. The molecule has 158 valence electrons. The highest BCUT2D eigenvalue weighted by atomic mass is 35.5. The number of ether oxygens (including phenoxy) is 2. The van der Waals surface area contributed by atoms with E-state index in [4.69, 9.17) is 9.47 Å². The lowest BCUT2D eigenvalue weighted by molar-refractivity contribution is -0.896. The Balaban J connectivity index is 0. The van der Waals surface area contributed by atoms with Crippen LogP contribution in [0.4, 0.5) is 5.69 Å². The number of quaternary nitrogens is 2. The molecule has 0 spiro atoms. The van der Waals surface area contributed by atoms with Crippen LogP contribution < -0.4 is 39.8 Å². The number of carbonyl (C=O) groups excluding carboxylic acids is 1. The first-order valence-electron chi connectivity index (χ1n) is 9.76. The van der Waals surface area contributed by atoms with Crippen molar-refractivity contribution in [3.63, 3.8) is 0 Å². The molecular weight excluding hydrogens is 387 g/mol. The molecule has 0 radical (unpaired) electrons. The second-order valence-electron chi connectivity index (χ2n) is 6.29. The minimum Gasteiger partial charge on any atom is -1.00 e. The molecule has 27 heavy (non-hydrogen) atoms. The number of unbranched alkanes of at least 4 members (excludes halogenated alkanes) is 1. The standard InChI is InChI=1S/C20H34N2O3.2ClH/c1-5-9-12-21-17-10-11-18(19(16-17)24-14-6-2)20(23)25-15-13-22(7-3)8-4;;/h10-11,16,21H,5-9,12-15H2,1-4H3;2*1H. The van der Waals surface area contributed by atoms with E-state index in [1.165, 1.54) is 17.7 Å². The van der Waals surface area contributed by atoms with Crippen molar-refractivity contribution in [2.45, 2.75) is 47.0 Å². The fourth-order valence-electron chi connectivity index (χ4n) is 2.61. The zero-order valence-electron chi connectivity index (χ0n) is 17.2. The maximum Gasteiger partial charge on any atom is 0.342 e. The van der Waals surface area contributed by atoms with Crippen LogP contribution in [0.2, 0.25) is 0 Å². The highest BCUT2D eigenvalue weighted by molar-refractivity contribution is 5.92. The number of rotatable bonds is 13. The van der Waals surface area contributed by atoms with Crippen LogP contribution in [0.3, 0.4) is 0 Å². The van der Waals surface area contributed by atoms with Crippen LogP contribution in [0, 0.1) is 0 Å². The molecule has 0 unspecified atom stereocenters. The van der Waals surface area contributed by atoms with Gasteiger partial charge >= 0.3 is 5.97 Å². The van der Waals surface area contributed by atoms with E-state index in [0.717, 1.165) is 38.3 Å². The quantitative estimate of drug-likeness (QED) is 0.191. The second kappa shape index (κ2) is 17.1. The first-order chi connectivity index (χ1) is 12.2. The van der Waals surface area contributed by atoms with Crippen LogP contribution in [0.25, 0.3) is 0 Å². The van der Waals surface area contributed by atoms with E-state index in [1.54, 1.807) is 0 Å². The third-order valence-corrected chi connectivity index (χ3v) is 4.31. The van der Waals surface area contributed by atoms with Gasteiger partial charge in [0.25, 0.3) is 0 Å². The number of nitrogens with one attached hydrogen (secondary N) is 1. The van der Waals surface area contributed by atoms with E-state index >= 15 is 0 Å². The van der Waals surface area contributed by atoms with Gasteiger partial charge < -0.3 is 44.5 Å². The van der Waals surface area contributed by atoms with Gasteiger partial charge in [-0.05, 0) is 32.8 Å². The van der Waals surface area contributed by atoms with Crippen LogP contribution in [0.15, 0.2) is 18.2 Å². The Bertz CT molecular complexity index is 512. The number of hydrogen-bond donors (Lipinski definition) is 2. The lowest BCUT2D eigenvalue weighted by atomic mass is 10.1. The smallest absolute Gasteiger partial charge is 0.342 e. The molecule has 0 aliphatic heterocycles. The summed E-state index contributed by atoms with van der Waals surface area (Å²) < 4.78 is 11.3. The van der Waals surface area contributed by atoms with Crippen LogP contribution in [-0.2, 0) is 4.74 Å². The van der Waals surface area contributed by atoms with Crippen molar-refractivity contribution in [3.8, 4) is 5.75 Å². The van der Waals surface area contributed by atoms with Gasteiger partial charge in [-0.25, -0.2) is 4.79 Å². The molecular formula is C20H36Cl2N2O3. The van der Waals surface area contributed by atoms with E-state index in [0.29, 0.717) is 24.5 Å². The van der Waals surface area contributed by atoms with Crippen LogP contribution in [0.1, 0.15) is 57.3 Å². The lowest BCUT2D eigenvalue weighted by Gasteiger charge is -2.16. The van der Waals surface area contributed by atoms with Crippen molar-refractivity contribution in [2.75, 3.05) is 39.4 Å². The summed E-state index contributed by atoms with van der Waals surface area (Å²) >= 11 is 0. The fraction of sp³-hybridized carbons (Fsp3) is 0.650. The Kier molecular flexibility index (Phi) is 17.9. The van der Waals surface area contributed by atoms with E-state index in [9.17, 15) is 4.79 Å². The molecule has 0 atom stereocenters. The summed E-state index contributed by atoms with van der Waals surface area (Å²) in [6.07, 6.45) is 3.25. The molecule has 0 saturated heterocycles. The molecule has 1 rings (SSSR count). The summed E-state index contributed by atoms with van der Waals surface area (Å²) in [6.45, 7) is 13.5. The average Bonchev–Trinajstić information content (AvgIpc) is 2.63. The number of likely N-dealkylation sites (N-methyl/N-ethyl adjacent to an activating group) is 1. The lowest BCUT2D eigenvalue weighted by Crippen LogP contribution is -3.11. The first-order valence-corrected chi connectivity index (χ1v) is 9.76. The van der Waals surface area contributed by atoms with Crippen molar-refractivity contribution >= 4 is 11.7 Å². The third-order valence-electron chi connectivity index (χ3n) is 4.31. The zero-order valence-corrected chi connectivity index (χ0v) is 18.7.